The first-order valence-corrected chi connectivity index (χ1v) is 7.03. The maximum absolute atomic E-state index is 11.8. The zero-order valence-corrected chi connectivity index (χ0v) is 12.3. The third-order valence-corrected chi connectivity index (χ3v) is 3.98. The van der Waals surface area contributed by atoms with Gasteiger partial charge in [-0.15, -0.1) is 0 Å². The van der Waals surface area contributed by atoms with Gasteiger partial charge in [-0.05, 0) is 47.0 Å². The van der Waals surface area contributed by atoms with Crippen LogP contribution in [0.25, 0.3) is 0 Å². The molecule has 3 N–H and O–H groups in total. The molecular weight excluding hydrogens is 334 g/mol. The number of anilines is 1. The molecule has 0 unspecified atom stereocenters. The smallest absolute Gasteiger partial charge is 0.319 e. The predicted molar refractivity (Wildman–Crippen MR) is 77.3 cm³/mol. The minimum atomic E-state index is -0.468. The van der Waals surface area contributed by atoms with E-state index in [2.05, 4.69) is 31.9 Å². The first-order valence-electron chi connectivity index (χ1n) is 5.86. The summed E-state index contributed by atoms with van der Waals surface area (Å²) in [6, 6.07) is 4.19. The first kappa shape index (κ1) is 14.1. The van der Waals surface area contributed by atoms with Crippen molar-refractivity contribution in [2.75, 3.05) is 11.9 Å². The SMILES string of the molecule is O=C(Nc1ccc(Cl)c(Br)c1)N[C@@H]1CCCNC1=O. The summed E-state index contributed by atoms with van der Waals surface area (Å²) >= 11 is 9.14. The van der Waals surface area contributed by atoms with Gasteiger partial charge in [0.2, 0.25) is 5.91 Å². The lowest BCUT2D eigenvalue weighted by Gasteiger charge is -2.22. The van der Waals surface area contributed by atoms with Crippen molar-refractivity contribution in [2.24, 2.45) is 0 Å². The summed E-state index contributed by atoms with van der Waals surface area (Å²) < 4.78 is 0.697. The van der Waals surface area contributed by atoms with E-state index in [-0.39, 0.29) is 5.91 Å². The largest absolute Gasteiger partial charge is 0.354 e. The minimum Gasteiger partial charge on any atom is -0.354 e. The third-order valence-electron chi connectivity index (χ3n) is 2.77. The van der Waals surface area contributed by atoms with E-state index in [9.17, 15) is 9.59 Å². The number of urea groups is 1. The molecule has 1 atom stereocenters. The fourth-order valence-electron chi connectivity index (χ4n) is 1.81. The molecule has 0 aliphatic carbocycles. The van der Waals surface area contributed by atoms with Crippen LogP contribution in [0.5, 0.6) is 0 Å². The maximum Gasteiger partial charge on any atom is 0.319 e. The van der Waals surface area contributed by atoms with Crippen LogP contribution >= 0.6 is 27.5 Å². The molecule has 0 radical (unpaired) electrons. The van der Waals surface area contributed by atoms with E-state index in [1.165, 1.54) is 0 Å². The molecule has 1 aliphatic rings. The average molecular weight is 347 g/mol. The highest BCUT2D eigenvalue weighted by Crippen LogP contribution is 2.25. The van der Waals surface area contributed by atoms with E-state index in [1.54, 1.807) is 18.2 Å². The van der Waals surface area contributed by atoms with Crippen LogP contribution in [-0.4, -0.2) is 24.5 Å². The van der Waals surface area contributed by atoms with Gasteiger partial charge in [-0.3, -0.25) is 4.79 Å². The Labute approximate surface area is 124 Å². The van der Waals surface area contributed by atoms with Gasteiger partial charge in [0.05, 0.1) is 5.02 Å². The Morgan fingerprint density at radius 1 is 1.47 bits per heavy atom. The van der Waals surface area contributed by atoms with Crippen molar-refractivity contribution in [3.63, 3.8) is 0 Å². The van der Waals surface area contributed by atoms with E-state index < -0.39 is 12.1 Å². The van der Waals surface area contributed by atoms with Crippen LogP contribution in [0.4, 0.5) is 10.5 Å². The van der Waals surface area contributed by atoms with Gasteiger partial charge >= 0.3 is 6.03 Å². The van der Waals surface area contributed by atoms with Gasteiger partial charge in [-0.1, -0.05) is 11.6 Å². The van der Waals surface area contributed by atoms with E-state index in [0.29, 0.717) is 28.1 Å². The fourth-order valence-corrected chi connectivity index (χ4v) is 2.31. The lowest BCUT2D eigenvalue weighted by Crippen LogP contribution is -2.51. The Morgan fingerprint density at radius 2 is 2.26 bits per heavy atom. The van der Waals surface area contributed by atoms with Gasteiger partial charge in [0.15, 0.2) is 0 Å². The molecule has 1 saturated heterocycles. The molecule has 1 aromatic rings. The molecule has 102 valence electrons. The molecule has 1 heterocycles. The number of hydrogen-bond donors (Lipinski definition) is 3. The number of hydrogen-bond acceptors (Lipinski definition) is 2. The van der Waals surface area contributed by atoms with Crippen LogP contribution < -0.4 is 16.0 Å². The van der Waals surface area contributed by atoms with Gasteiger partial charge < -0.3 is 16.0 Å². The van der Waals surface area contributed by atoms with Gasteiger partial charge in [0.1, 0.15) is 6.04 Å². The molecule has 3 amide bonds. The van der Waals surface area contributed by atoms with Crippen molar-refractivity contribution < 1.29 is 9.59 Å². The number of benzene rings is 1. The number of halogens is 2. The van der Waals surface area contributed by atoms with Crippen LogP contribution in [-0.2, 0) is 4.79 Å². The molecule has 19 heavy (non-hydrogen) atoms. The standard InChI is InChI=1S/C12H13BrClN3O2/c13-8-6-7(3-4-9(8)14)16-12(19)17-10-2-1-5-15-11(10)18/h3-4,6,10H,1-2,5H2,(H,15,18)(H2,16,17,19)/t10-/m1/s1. The molecule has 5 nitrogen and oxygen atoms in total. The van der Waals surface area contributed by atoms with E-state index >= 15 is 0 Å². The number of carbonyl (C=O) groups excluding carboxylic acids is 2. The van der Waals surface area contributed by atoms with Crippen molar-refractivity contribution in [1.29, 1.82) is 0 Å². The summed E-state index contributed by atoms with van der Waals surface area (Å²) in [6.45, 7) is 0.669. The molecule has 1 aromatic carbocycles. The number of rotatable bonds is 2. The van der Waals surface area contributed by atoms with Crippen molar-refractivity contribution in [3.8, 4) is 0 Å². The topological polar surface area (TPSA) is 70.2 Å². The summed E-state index contributed by atoms with van der Waals surface area (Å²) in [7, 11) is 0. The van der Waals surface area contributed by atoms with E-state index in [4.69, 9.17) is 11.6 Å². The number of piperidine rings is 1. The van der Waals surface area contributed by atoms with Crippen molar-refractivity contribution >= 4 is 45.2 Å². The molecular formula is C12H13BrClN3O2. The molecule has 0 bridgehead atoms. The Morgan fingerprint density at radius 3 is 2.95 bits per heavy atom. The Hall–Kier alpha value is -1.27. The van der Waals surface area contributed by atoms with Gasteiger partial charge in [-0.2, -0.15) is 0 Å². The highest BCUT2D eigenvalue weighted by Gasteiger charge is 2.23. The second kappa shape index (κ2) is 6.25. The highest BCUT2D eigenvalue weighted by molar-refractivity contribution is 9.10. The Kier molecular flexibility index (Phi) is 4.66. The lowest BCUT2D eigenvalue weighted by molar-refractivity contribution is -0.124. The zero-order chi connectivity index (χ0) is 13.8. The van der Waals surface area contributed by atoms with Crippen molar-refractivity contribution in [1.82, 2.24) is 10.6 Å². The van der Waals surface area contributed by atoms with Crippen LogP contribution in [0.2, 0.25) is 5.02 Å². The molecule has 1 aliphatic heterocycles. The van der Waals surface area contributed by atoms with Crippen LogP contribution in [0, 0.1) is 0 Å². The highest BCUT2D eigenvalue weighted by atomic mass is 79.9. The summed E-state index contributed by atoms with van der Waals surface area (Å²) in [5, 5.41) is 8.58. The van der Waals surface area contributed by atoms with E-state index in [0.717, 1.165) is 6.42 Å². The second-order valence-electron chi connectivity index (χ2n) is 4.21. The fraction of sp³-hybridized carbons (Fsp3) is 0.333. The molecule has 2 rings (SSSR count). The quantitative estimate of drug-likeness (QED) is 0.770. The van der Waals surface area contributed by atoms with Crippen LogP contribution in [0.1, 0.15) is 12.8 Å². The molecule has 0 saturated carbocycles. The molecule has 1 fully saturated rings. The number of amides is 3. The van der Waals surface area contributed by atoms with Gasteiger partial charge in [-0.25, -0.2) is 4.79 Å². The Bertz CT molecular complexity index is 510. The molecule has 7 heteroatoms. The van der Waals surface area contributed by atoms with Crippen molar-refractivity contribution in [3.05, 3.63) is 27.7 Å². The van der Waals surface area contributed by atoms with Crippen LogP contribution in [0.3, 0.4) is 0 Å². The lowest BCUT2D eigenvalue weighted by atomic mass is 10.1. The third kappa shape index (κ3) is 3.84. The minimum absolute atomic E-state index is 0.140. The summed E-state index contributed by atoms with van der Waals surface area (Å²) in [4.78, 5) is 23.3. The number of nitrogens with one attached hydrogen (secondary N) is 3. The number of carbonyl (C=O) groups is 2. The zero-order valence-electron chi connectivity index (χ0n) is 10.0. The Balaban J connectivity index is 1.93. The molecule has 0 spiro atoms. The normalized spacial score (nSPS) is 18.6. The average Bonchev–Trinajstić information content (AvgIpc) is 2.37. The van der Waals surface area contributed by atoms with Gasteiger partial charge in [0.25, 0.3) is 0 Å². The van der Waals surface area contributed by atoms with E-state index in [1.807, 2.05) is 0 Å². The van der Waals surface area contributed by atoms with Crippen molar-refractivity contribution in [2.45, 2.75) is 18.9 Å². The first-order chi connectivity index (χ1) is 9.06. The monoisotopic (exact) mass is 345 g/mol. The van der Waals surface area contributed by atoms with Crippen LogP contribution in [0.15, 0.2) is 22.7 Å². The summed E-state index contributed by atoms with van der Waals surface area (Å²) in [5.41, 5.74) is 0.602. The second-order valence-corrected chi connectivity index (χ2v) is 5.47. The summed E-state index contributed by atoms with van der Waals surface area (Å²) in [6.07, 6.45) is 1.52. The maximum atomic E-state index is 11.8. The van der Waals surface area contributed by atoms with Gasteiger partial charge in [0, 0.05) is 16.7 Å². The molecule has 0 aromatic heterocycles. The predicted octanol–water partition coefficient (Wildman–Crippen LogP) is 2.50. The summed E-state index contributed by atoms with van der Waals surface area (Å²) in [5.74, 6) is -0.140.